The van der Waals surface area contributed by atoms with E-state index in [1.165, 1.54) is 35.3 Å². The third-order valence-corrected chi connectivity index (χ3v) is 124. The molecule has 0 aliphatic rings. The molecular weight excluding hydrogens is 865 g/mol. The molecule has 0 fully saturated rings. The van der Waals surface area contributed by atoms with E-state index in [1.54, 1.807) is 0 Å². The summed E-state index contributed by atoms with van der Waals surface area (Å²) in [5, 5.41) is 0. The molecule has 0 N–H and O–H groups in total. The SMILES string of the molecule is C[Si](C)(C)[Si]([Si](C)(C)C)[Si](C)(C)C.C[Si](C)(C)[Si]([Si](C)(C)C)[Si](C)(C)C.[Cs].[Pb][CH2]c1ccccc1. The summed E-state index contributed by atoms with van der Waals surface area (Å²) in [6, 6.07) is 10.6. The molecule has 10 heteroatoms. The normalized spacial score (nSPS) is 13.4. The molecule has 0 spiro atoms. The van der Waals surface area contributed by atoms with Gasteiger partial charge in [-0.25, -0.2) is 0 Å². The zero-order valence-corrected chi connectivity index (χ0v) is 45.8. The van der Waals surface area contributed by atoms with Gasteiger partial charge in [0, 0.05) is 129 Å². The van der Waals surface area contributed by atoms with Gasteiger partial charge in [-0.2, -0.15) is 0 Å². The van der Waals surface area contributed by atoms with Crippen LogP contribution >= 0.6 is 0 Å². The summed E-state index contributed by atoms with van der Waals surface area (Å²) >= 11 is 1.28. The van der Waals surface area contributed by atoms with Gasteiger partial charge in [0.1, 0.15) is 0 Å². The minimum absolute atomic E-state index is 0. The van der Waals surface area contributed by atoms with Crippen LogP contribution in [0.15, 0.2) is 30.3 Å². The second-order valence-electron chi connectivity index (χ2n) is 15.9. The standard InChI is InChI=1S/2C9H27Si4.C7H7.Cs.Pb/c2*1-11(2,3)10(12(4,5)6)13(7,8)9;1-7-5-3-2-4-6-7;;/h2*1-9H3;2-6H,1H2;;. The summed E-state index contributed by atoms with van der Waals surface area (Å²) in [6.07, 6.45) is 0. The molecule has 0 nitrogen and oxygen atoms in total. The van der Waals surface area contributed by atoms with Crippen LogP contribution < -0.4 is 0 Å². The van der Waals surface area contributed by atoms with Crippen LogP contribution in [0.3, 0.4) is 0 Å². The molecule has 35 heavy (non-hydrogen) atoms. The Morgan fingerprint density at radius 2 is 0.657 bits per heavy atom. The summed E-state index contributed by atoms with van der Waals surface area (Å²) in [6.45, 7) is 47.0. The molecule has 1 rings (SSSR count). The third-order valence-electron chi connectivity index (χ3n) is 5.55. The van der Waals surface area contributed by atoms with Gasteiger partial charge < -0.3 is 0 Å². The summed E-state index contributed by atoms with van der Waals surface area (Å²) in [7, 11) is -4.94. The van der Waals surface area contributed by atoms with Gasteiger partial charge in [0.15, 0.2) is 0 Å². The number of rotatable bonds is 7. The number of benzene rings is 1. The molecule has 1 aromatic carbocycles. The molecule has 0 atom stereocenters. The van der Waals surface area contributed by atoms with Crippen molar-refractivity contribution in [3.05, 3.63) is 35.9 Å². The monoisotopic (exact) mass is 926 g/mol. The Kier molecular flexibility index (Phi) is 21.3. The van der Waals surface area contributed by atoms with Crippen molar-refractivity contribution in [3.8, 4) is 0 Å². The summed E-state index contributed by atoms with van der Waals surface area (Å²) in [4.78, 5) is 0. The van der Waals surface area contributed by atoms with Gasteiger partial charge in [0.2, 0.25) is 0 Å². The molecule has 198 valence electrons. The second kappa shape index (κ2) is 17.1. The molecular formula is C25H61CsPbSi8. The average molecular weight is 927 g/mol. The van der Waals surface area contributed by atoms with Crippen molar-refractivity contribution in [1.29, 1.82) is 0 Å². The number of hydrogen-bond acceptors (Lipinski definition) is 0. The van der Waals surface area contributed by atoms with Crippen molar-refractivity contribution < 1.29 is 0 Å². The van der Waals surface area contributed by atoms with Crippen LogP contribution in [0.1, 0.15) is 5.56 Å². The molecule has 0 heterocycles. The molecule has 0 unspecified atom stereocenters. The molecule has 0 aliphatic heterocycles. The van der Waals surface area contributed by atoms with E-state index in [2.05, 4.69) is 148 Å². The fraction of sp³-hybridized carbons (Fsp3) is 0.760. The fourth-order valence-electron chi connectivity index (χ4n) is 7.35. The van der Waals surface area contributed by atoms with Gasteiger partial charge in [-0.1, -0.05) is 118 Å². The summed E-state index contributed by atoms with van der Waals surface area (Å²) in [5.74, 6) is 0. The van der Waals surface area contributed by atoms with Gasteiger partial charge in [-0.3, -0.25) is 0 Å². The van der Waals surface area contributed by atoms with Crippen LogP contribution in [0.5, 0.6) is 0 Å². The van der Waals surface area contributed by atoms with Crippen molar-refractivity contribution >= 4 is 155 Å². The van der Waals surface area contributed by atoms with Crippen molar-refractivity contribution in [1.82, 2.24) is 0 Å². The third kappa shape index (κ3) is 19.6. The van der Waals surface area contributed by atoms with Crippen LogP contribution in [0.25, 0.3) is 0 Å². The van der Waals surface area contributed by atoms with Gasteiger partial charge >= 0.3 is 65.6 Å². The molecule has 0 saturated carbocycles. The van der Waals surface area contributed by atoms with Gasteiger partial charge in [0.05, 0.1) is 0 Å². The Labute approximate surface area is 306 Å². The zero-order chi connectivity index (χ0) is 28.0. The topological polar surface area (TPSA) is 0 Å². The number of hydrogen-bond donors (Lipinski definition) is 0. The fourth-order valence-corrected chi connectivity index (χ4v) is 184. The first-order valence-corrected chi connectivity index (χ1v) is 45.9. The van der Waals surface area contributed by atoms with Gasteiger partial charge in [0.25, 0.3) is 0 Å². The van der Waals surface area contributed by atoms with Crippen LogP contribution in [0.4, 0.5) is 0 Å². The van der Waals surface area contributed by atoms with E-state index in [0.717, 1.165) is 0 Å². The van der Waals surface area contributed by atoms with E-state index in [4.69, 9.17) is 0 Å². The Bertz CT molecular complexity index is 580. The Morgan fingerprint density at radius 3 is 0.743 bits per heavy atom. The Hall–Kier alpha value is 3.93. The average Bonchev–Trinajstić information content (AvgIpc) is 2.47. The van der Waals surface area contributed by atoms with Crippen LogP contribution in [-0.2, 0) is 3.98 Å². The van der Waals surface area contributed by atoms with E-state index in [-0.39, 0.29) is 83.6 Å². The first-order chi connectivity index (χ1) is 14.7. The second-order valence-corrected chi connectivity index (χ2v) is 90.8. The Balaban J connectivity index is -0.000000444. The summed E-state index contributed by atoms with van der Waals surface area (Å²) < 4.78 is 1.28. The molecule has 0 amide bonds. The van der Waals surface area contributed by atoms with Crippen LogP contribution in [0.2, 0.25) is 118 Å². The molecule has 0 aliphatic carbocycles. The van der Waals surface area contributed by atoms with E-state index in [9.17, 15) is 0 Å². The van der Waals surface area contributed by atoms with E-state index >= 15 is 0 Å². The predicted molar refractivity (Wildman–Crippen MR) is 193 cm³/mol. The Morgan fingerprint density at radius 1 is 0.457 bits per heavy atom. The van der Waals surface area contributed by atoms with Gasteiger partial charge in [-0.15, -0.1) is 0 Å². The molecule has 0 bridgehead atoms. The van der Waals surface area contributed by atoms with Gasteiger partial charge in [-0.05, 0) is 0 Å². The minimum atomic E-state index is -0.832. The van der Waals surface area contributed by atoms with E-state index < -0.39 is 45.5 Å². The zero-order valence-electron chi connectivity index (χ0n) is 27.6. The van der Waals surface area contributed by atoms with Crippen molar-refractivity contribution in [2.24, 2.45) is 0 Å². The van der Waals surface area contributed by atoms with Crippen LogP contribution in [-0.4, -0.2) is 155 Å². The first-order valence-electron chi connectivity index (χ1n) is 13.1. The first kappa shape index (κ1) is 43.4. The van der Waals surface area contributed by atoms with Crippen molar-refractivity contribution in [2.75, 3.05) is 0 Å². The molecule has 0 saturated heterocycles. The quantitative estimate of drug-likeness (QED) is 0.241. The van der Waals surface area contributed by atoms with Crippen LogP contribution in [0, 0.1) is 0 Å². The van der Waals surface area contributed by atoms with E-state index in [1.807, 2.05) is 0 Å². The molecule has 0 aromatic heterocycles. The predicted octanol–water partition coefficient (Wildman–Crippen LogP) is 8.44. The van der Waals surface area contributed by atoms with Crippen molar-refractivity contribution in [2.45, 2.75) is 122 Å². The summed E-state index contributed by atoms with van der Waals surface area (Å²) in [5.41, 5.74) is 1.47. The van der Waals surface area contributed by atoms with E-state index in [0.29, 0.717) is 0 Å². The molecule has 1 aromatic rings. The van der Waals surface area contributed by atoms with Crippen molar-refractivity contribution in [3.63, 3.8) is 0 Å². The molecule has 6 radical (unpaired) electrons. The maximum atomic E-state index is 2.61. The maximum absolute atomic E-state index is 2.61.